The first-order chi connectivity index (χ1) is 11.9. The molecule has 24 heavy (non-hydrogen) atoms. The van der Waals surface area contributed by atoms with E-state index in [1.165, 1.54) is 16.9 Å². The van der Waals surface area contributed by atoms with E-state index >= 15 is 0 Å². The third kappa shape index (κ3) is 2.20. The minimum atomic E-state index is 0.274. The molecule has 0 atom stereocenters. The average molecular weight is 338 g/mol. The number of hydrazone groups is 1. The molecule has 6 nitrogen and oxygen atoms in total. The Morgan fingerprint density at radius 1 is 1.17 bits per heavy atom. The number of nitrogens with one attached hydrogen (secondary N) is 1. The number of hydrogen-bond acceptors (Lipinski definition) is 7. The molecule has 7 heteroatoms. The number of thiophene rings is 1. The molecule has 0 saturated carbocycles. The van der Waals surface area contributed by atoms with Crippen molar-refractivity contribution in [1.29, 1.82) is 0 Å². The van der Waals surface area contributed by atoms with Crippen LogP contribution in [0.1, 0.15) is 22.4 Å². The van der Waals surface area contributed by atoms with E-state index < -0.39 is 0 Å². The van der Waals surface area contributed by atoms with E-state index in [9.17, 15) is 0 Å². The fourth-order valence-corrected chi connectivity index (χ4v) is 4.40. The zero-order chi connectivity index (χ0) is 15.9. The van der Waals surface area contributed by atoms with Crippen LogP contribution in [0.4, 0.5) is 5.82 Å². The first-order valence-corrected chi connectivity index (χ1v) is 8.64. The van der Waals surface area contributed by atoms with Crippen molar-refractivity contribution in [2.24, 2.45) is 5.10 Å². The minimum Gasteiger partial charge on any atom is -0.454 e. The molecule has 0 saturated heterocycles. The van der Waals surface area contributed by atoms with Crippen LogP contribution in [0.25, 0.3) is 10.2 Å². The summed E-state index contributed by atoms with van der Waals surface area (Å²) in [5, 5.41) is 5.46. The summed E-state index contributed by atoms with van der Waals surface area (Å²) in [6, 6.07) is 5.74. The number of fused-ring (bicyclic) bond motifs is 4. The van der Waals surface area contributed by atoms with Gasteiger partial charge in [-0.3, -0.25) is 5.43 Å². The van der Waals surface area contributed by atoms with E-state index in [-0.39, 0.29) is 6.79 Å². The highest BCUT2D eigenvalue weighted by molar-refractivity contribution is 7.19. The number of aromatic nitrogens is 2. The van der Waals surface area contributed by atoms with Crippen LogP contribution in [0.3, 0.4) is 0 Å². The second-order valence-corrected chi connectivity index (χ2v) is 6.83. The molecule has 2 aliphatic rings. The second kappa shape index (κ2) is 5.45. The van der Waals surface area contributed by atoms with Crippen LogP contribution in [0, 0.1) is 0 Å². The van der Waals surface area contributed by atoms with Gasteiger partial charge in [-0.2, -0.15) is 5.10 Å². The lowest BCUT2D eigenvalue weighted by molar-refractivity contribution is 0.174. The van der Waals surface area contributed by atoms with Crippen molar-refractivity contribution in [3.05, 3.63) is 40.5 Å². The normalized spacial score (nSPS) is 15.3. The standard InChI is InChI=1S/C17H14N4O2S/c1-2-11-14(3-1)24-17-15(11)16(18-8-19-17)21-20-7-10-4-5-12-13(6-10)23-9-22-12/h4-8H,1-3,9H2,(H,18,19,21)/b20-7+. The monoisotopic (exact) mass is 338 g/mol. The number of nitrogens with zero attached hydrogens (tertiary/aromatic N) is 3. The lowest BCUT2D eigenvalue weighted by Gasteiger charge is -2.03. The zero-order valence-corrected chi connectivity index (χ0v) is 13.6. The Hall–Kier alpha value is -2.67. The maximum atomic E-state index is 5.38. The van der Waals surface area contributed by atoms with Gasteiger partial charge in [-0.15, -0.1) is 11.3 Å². The van der Waals surface area contributed by atoms with Crippen LogP contribution in [0.5, 0.6) is 11.5 Å². The van der Waals surface area contributed by atoms with Gasteiger partial charge >= 0.3 is 0 Å². The summed E-state index contributed by atoms with van der Waals surface area (Å²) in [5.41, 5.74) is 5.40. The predicted molar refractivity (Wildman–Crippen MR) is 93.2 cm³/mol. The Morgan fingerprint density at radius 3 is 3.12 bits per heavy atom. The van der Waals surface area contributed by atoms with E-state index in [4.69, 9.17) is 9.47 Å². The third-order valence-corrected chi connectivity index (χ3v) is 5.48. The van der Waals surface area contributed by atoms with Gasteiger partial charge in [0.15, 0.2) is 17.3 Å². The van der Waals surface area contributed by atoms with Gasteiger partial charge in [-0.25, -0.2) is 9.97 Å². The Bertz CT molecular complexity index is 967. The summed E-state index contributed by atoms with van der Waals surface area (Å²) in [6.45, 7) is 0.274. The second-order valence-electron chi connectivity index (χ2n) is 5.74. The lowest BCUT2D eigenvalue weighted by atomic mass is 10.2. The smallest absolute Gasteiger partial charge is 0.231 e. The van der Waals surface area contributed by atoms with Crippen molar-refractivity contribution in [2.45, 2.75) is 19.3 Å². The Morgan fingerprint density at radius 2 is 2.12 bits per heavy atom. The molecular weight excluding hydrogens is 324 g/mol. The molecular formula is C17H14N4O2S. The predicted octanol–water partition coefficient (Wildman–Crippen LogP) is 3.35. The number of aryl methyl sites for hydroxylation is 2. The van der Waals surface area contributed by atoms with Crippen molar-refractivity contribution in [3.63, 3.8) is 0 Å². The number of ether oxygens (including phenoxy) is 2. The number of rotatable bonds is 3. The summed E-state index contributed by atoms with van der Waals surface area (Å²) >= 11 is 1.77. The van der Waals surface area contributed by atoms with E-state index in [2.05, 4.69) is 20.5 Å². The van der Waals surface area contributed by atoms with Gasteiger partial charge in [-0.05, 0) is 48.6 Å². The van der Waals surface area contributed by atoms with E-state index in [0.717, 1.165) is 45.9 Å². The summed E-state index contributed by atoms with van der Waals surface area (Å²) in [5.74, 6) is 2.29. The first-order valence-electron chi connectivity index (χ1n) is 7.82. The Labute approximate surface area is 142 Å². The highest BCUT2D eigenvalue weighted by atomic mass is 32.1. The fourth-order valence-electron chi connectivity index (χ4n) is 3.17. The van der Waals surface area contributed by atoms with Gasteiger partial charge in [0.1, 0.15) is 11.2 Å². The van der Waals surface area contributed by atoms with Crippen molar-refractivity contribution < 1.29 is 9.47 Å². The molecule has 0 bridgehead atoms. The SMILES string of the molecule is C(=N\Nc1ncnc2sc3c(c12)CCC3)/c1ccc2c(c1)OCO2. The van der Waals surface area contributed by atoms with E-state index in [1.54, 1.807) is 23.9 Å². The minimum absolute atomic E-state index is 0.274. The van der Waals surface area contributed by atoms with Crippen molar-refractivity contribution >= 4 is 33.6 Å². The summed E-state index contributed by atoms with van der Waals surface area (Å²) in [4.78, 5) is 11.2. The van der Waals surface area contributed by atoms with E-state index in [0.29, 0.717) is 0 Å². The molecule has 1 aliphatic heterocycles. The van der Waals surface area contributed by atoms with Crippen LogP contribution < -0.4 is 14.9 Å². The maximum Gasteiger partial charge on any atom is 0.231 e. The van der Waals surface area contributed by atoms with Crippen LogP contribution >= 0.6 is 11.3 Å². The first kappa shape index (κ1) is 13.7. The van der Waals surface area contributed by atoms with Crippen LogP contribution in [0.2, 0.25) is 0 Å². The summed E-state index contributed by atoms with van der Waals surface area (Å²) in [7, 11) is 0. The molecule has 0 unspecified atom stereocenters. The molecule has 3 aromatic rings. The Kier molecular flexibility index (Phi) is 3.12. The van der Waals surface area contributed by atoms with E-state index in [1.807, 2.05) is 18.2 Å². The van der Waals surface area contributed by atoms with Crippen molar-refractivity contribution in [2.75, 3.05) is 12.2 Å². The van der Waals surface area contributed by atoms with Crippen molar-refractivity contribution in [3.8, 4) is 11.5 Å². The van der Waals surface area contributed by atoms with Crippen LogP contribution in [-0.4, -0.2) is 23.0 Å². The number of hydrogen-bond donors (Lipinski definition) is 1. The van der Waals surface area contributed by atoms with Gasteiger partial charge in [-0.1, -0.05) is 0 Å². The highest BCUT2D eigenvalue weighted by Crippen LogP contribution is 2.39. The molecule has 0 radical (unpaired) electrons. The molecule has 1 aromatic carbocycles. The Balaban J connectivity index is 1.43. The largest absolute Gasteiger partial charge is 0.454 e. The van der Waals surface area contributed by atoms with Crippen molar-refractivity contribution in [1.82, 2.24) is 9.97 Å². The molecule has 5 rings (SSSR count). The lowest BCUT2D eigenvalue weighted by Crippen LogP contribution is -1.96. The fraction of sp³-hybridized carbons (Fsp3) is 0.235. The molecule has 0 fully saturated rings. The van der Waals surface area contributed by atoms with Crippen LogP contribution in [-0.2, 0) is 12.8 Å². The number of anilines is 1. The topological polar surface area (TPSA) is 68.6 Å². The molecule has 0 amide bonds. The highest BCUT2D eigenvalue weighted by Gasteiger charge is 2.21. The number of benzene rings is 1. The molecule has 1 aliphatic carbocycles. The quantitative estimate of drug-likeness (QED) is 0.586. The molecule has 3 heterocycles. The molecule has 1 N–H and O–H groups in total. The van der Waals surface area contributed by atoms with Gasteiger partial charge in [0.2, 0.25) is 6.79 Å². The van der Waals surface area contributed by atoms with Gasteiger partial charge < -0.3 is 9.47 Å². The molecule has 0 spiro atoms. The van der Waals surface area contributed by atoms with Gasteiger partial charge in [0.25, 0.3) is 0 Å². The summed E-state index contributed by atoms with van der Waals surface area (Å²) in [6.07, 6.45) is 6.81. The average Bonchev–Trinajstić information content (AvgIpc) is 3.29. The maximum absolute atomic E-state index is 5.38. The van der Waals surface area contributed by atoms with Crippen LogP contribution in [0.15, 0.2) is 29.6 Å². The van der Waals surface area contributed by atoms with Gasteiger partial charge in [0.05, 0.1) is 11.6 Å². The third-order valence-electron chi connectivity index (χ3n) is 4.28. The van der Waals surface area contributed by atoms with Gasteiger partial charge in [0, 0.05) is 4.88 Å². The summed E-state index contributed by atoms with van der Waals surface area (Å²) < 4.78 is 10.7. The zero-order valence-electron chi connectivity index (χ0n) is 12.8. The molecule has 120 valence electrons. The molecule has 2 aromatic heterocycles.